The molecule has 0 atom stereocenters. The molecule has 0 nitrogen and oxygen atoms in total. The van der Waals surface area contributed by atoms with E-state index in [2.05, 4.69) is 24.8 Å². The van der Waals surface area contributed by atoms with Crippen LogP contribution in [0, 0.1) is 0 Å². The molecule has 0 aliphatic rings. The Hall–Kier alpha value is 0.0500. The van der Waals surface area contributed by atoms with Gasteiger partial charge in [-0.2, -0.15) is 0 Å². The van der Waals surface area contributed by atoms with Gasteiger partial charge in [0.15, 0.2) is 0 Å². The van der Waals surface area contributed by atoms with Crippen LogP contribution in [0.25, 0.3) is 0 Å². The number of hydrogen-bond acceptors (Lipinski definition) is 2. The first-order valence-corrected chi connectivity index (χ1v) is 2.42. The monoisotopic (exact) mass is 117 g/mol. The predicted octanol–water partition coefficient (Wildman–Crippen LogP) is 1.44. The molecule has 0 fully saturated rings. The van der Waals surface area contributed by atoms with Crippen LogP contribution in [0.4, 0.5) is 0 Å². The lowest BCUT2D eigenvalue weighted by Crippen LogP contribution is -1.73. The van der Waals surface area contributed by atoms with Crippen molar-refractivity contribution in [2.75, 3.05) is 0 Å². The first kappa shape index (κ1) is 6.05. The highest BCUT2D eigenvalue weighted by Gasteiger charge is 1.54. The van der Waals surface area contributed by atoms with Crippen LogP contribution in [0.1, 0.15) is 6.92 Å². The fourth-order valence-corrected chi connectivity index (χ4v) is 0.408. The standard InChI is InChI=1S/C4H6S2/c1-2-3-4(5)6/h2-3H,1H3,(H,5,6)/p-1/b3-2+. The van der Waals surface area contributed by atoms with Crippen molar-refractivity contribution in [1.82, 2.24) is 0 Å². The molecule has 34 valence electrons. The van der Waals surface area contributed by atoms with Crippen LogP contribution in [-0.4, -0.2) is 4.20 Å². The molecule has 0 amide bonds. The molecule has 0 heterocycles. The summed E-state index contributed by atoms with van der Waals surface area (Å²) in [4.78, 5) is 0. The van der Waals surface area contributed by atoms with Crippen LogP contribution in [0.2, 0.25) is 0 Å². The highest BCUT2D eigenvalue weighted by Crippen LogP contribution is 1.73. The van der Waals surface area contributed by atoms with Gasteiger partial charge >= 0.3 is 0 Å². The summed E-state index contributed by atoms with van der Waals surface area (Å²) in [6, 6.07) is 0. The van der Waals surface area contributed by atoms with Crippen molar-refractivity contribution in [3.8, 4) is 0 Å². The molecular formula is C4H5S2-. The molecule has 0 rings (SSSR count). The summed E-state index contributed by atoms with van der Waals surface area (Å²) in [5, 5.41) is 0. The Balaban J connectivity index is 3.30. The molecule has 0 saturated carbocycles. The lowest BCUT2D eigenvalue weighted by atomic mass is 10.6. The summed E-state index contributed by atoms with van der Waals surface area (Å²) in [5.74, 6) is 0. The van der Waals surface area contributed by atoms with Crippen molar-refractivity contribution in [2.24, 2.45) is 0 Å². The van der Waals surface area contributed by atoms with Gasteiger partial charge < -0.3 is 24.8 Å². The first-order chi connectivity index (χ1) is 2.77. The molecular weight excluding hydrogens is 112 g/mol. The molecule has 0 radical (unpaired) electrons. The topological polar surface area (TPSA) is 0 Å². The average molecular weight is 117 g/mol. The Bertz CT molecular complexity index is 73.6. The van der Waals surface area contributed by atoms with Crippen molar-refractivity contribution >= 4 is 29.0 Å². The quantitative estimate of drug-likeness (QED) is 0.289. The van der Waals surface area contributed by atoms with Gasteiger partial charge in [-0.05, 0) is 6.92 Å². The molecule has 0 aromatic carbocycles. The predicted molar refractivity (Wildman–Crippen MR) is 34.8 cm³/mol. The summed E-state index contributed by atoms with van der Waals surface area (Å²) < 4.78 is 0.525. The summed E-state index contributed by atoms with van der Waals surface area (Å²) in [6.45, 7) is 1.89. The van der Waals surface area contributed by atoms with E-state index in [9.17, 15) is 0 Å². The minimum atomic E-state index is 0.525. The second kappa shape index (κ2) is 3.25. The highest BCUT2D eigenvalue weighted by atomic mass is 32.1. The van der Waals surface area contributed by atoms with Crippen molar-refractivity contribution < 1.29 is 0 Å². The maximum Gasteiger partial charge on any atom is -0.0467 e. The number of hydrogen-bond donors (Lipinski definition) is 0. The second-order valence-electron chi connectivity index (χ2n) is 0.819. The van der Waals surface area contributed by atoms with Gasteiger partial charge in [0.2, 0.25) is 0 Å². The van der Waals surface area contributed by atoms with E-state index in [1.807, 2.05) is 13.0 Å². The summed E-state index contributed by atoms with van der Waals surface area (Å²) in [6.07, 6.45) is 3.54. The van der Waals surface area contributed by atoms with E-state index in [1.165, 1.54) is 0 Å². The molecule has 0 saturated heterocycles. The van der Waals surface area contributed by atoms with Gasteiger partial charge in [0.25, 0.3) is 0 Å². The third-order valence-corrected chi connectivity index (χ3v) is 0.575. The zero-order valence-corrected chi connectivity index (χ0v) is 5.10. The number of allylic oxidation sites excluding steroid dienone is 1. The van der Waals surface area contributed by atoms with E-state index in [-0.39, 0.29) is 0 Å². The van der Waals surface area contributed by atoms with Crippen LogP contribution in [0.3, 0.4) is 0 Å². The molecule has 0 aliphatic carbocycles. The Kier molecular flexibility index (Phi) is 3.28. The SMILES string of the molecule is C/C=C/C(=S)[S-]. The molecule has 0 N–H and O–H groups in total. The van der Waals surface area contributed by atoms with Crippen LogP contribution >= 0.6 is 12.2 Å². The van der Waals surface area contributed by atoms with E-state index in [0.29, 0.717) is 4.20 Å². The molecule has 0 bridgehead atoms. The smallest absolute Gasteiger partial charge is 0.0467 e. The van der Waals surface area contributed by atoms with E-state index >= 15 is 0 Å². The van der Waals surface area contributed by atoms with E-state index < -0.39 is 0 Å². The molecule has 0 spiro atoms. The van der Waals surface area contributed by atoms with Gasteiger partial charge in [0, 0.05) is 0 Å². The molecule has 0 aromatic heterocycles. The van der Waals surface area contributed by atoms with Crippen LogP contribution in [0.15, 0.2) is 12.2 Å². The lowest BCUT2D eigenvalue weighted by molar-refractivity contribution is 1.78. The van der Waals surface area contributed by atoms with Crippen molar-refractivity contribution in [2.45, 2.75) is 6.92 Å². The van der Waals surface area contributed by atoms with E-state index in [0.717, 1.165) is 0 Å². The van der Waals surface area contributed by atoms with Crippen molar-refractivity contribution in [3.05, 3.63) is 12.2 Å². The second-order valence-corrected chi connectivity index (χ2v) is 1.96. The summed E-state index contributed by atoms with van der Waals surface area (Å²) in [7, 11) is 0. The lowest BCUT2D eigenvalue weighted by Gasteiger charge is -1.88. The van der Waals surface area contributed by atoms with E-state index in [1.54, 1.807) is 6.08 Å². The zero-order valence-electron chi connectivity index (χ0n) is 3.47. The minimum Gasteiger partial charge on any atom is -0.429 e. The third kappa shape index (κ3) is 4.05. The summed E-state index contributed by atoms with van der Waals surface area (Å²) >= 11 is 9.05. The van der Waals surface area contributed by atoms with Crippen molar-refractivity contribution in [1.29, 1.82) is 0 Å². The average Bonchev–Trinajstić information content (AvgIpc) is 1.35. The number of rotatable bonds is 1. The van der Waals surface area contributed by atoms with Gasteiger partial charge in [-0.1, -0.05) is 12.2 Å². The molecule has 0 unspecified atom stereocenters. The van der Waals surface area contributed by atoms with Crippen LogP contribution < -0.4 is 0 Å². The van der Waals surface area contributed by atoms with Gasteiger partial charge in [0.05, 0.1) is 0 Å². The number of thiocarbonyl (C=S) groups is 1. The minimum absolute atomic E-state index is 0.525. The molecule has 2 heteroatoms. The first-order valence-electron chi connectivity index (χ1n) is 1.61. The van der Waals surface area contributed by atoms with Gasteiger partial charge in [0.1, 0.15) is 0 Å². The zero-order chi connectivity index (χ0) is 4.99. The maximum absolute atomic E-state index is 4.52. The third-order valence-electron chi connectivity index (χ3n) is 0.303. The fraction of sp³-hybridized carbons (Fsp3) is 0.250. The molecule has 0 aliphatic heterocycles. The Labute approximate surface area is 48.7 Å². The van der Waals surface area contributed by atoms with Crippen LogP contribution in [0.5, 0.6) is 0 Å². The highest BCUT2D eigenvalue weighted by molar-refractivity contribution is 8.01. The van der Waals surface area contributed by atoms with Crippen molar-refractivity contribution in [3.63, 3.8) is 0 Å². The van der Waals surface area contributed by atoms with Gasteiger partial charge in [-0.15, -0.1) is 4.20 Å². The van der Waals surface area contributed by atoms with Gasteiger partial charge in [-0.3, -0.25) is 0 Å². The Morgan fingerprint density at radius 2 is 2.33 bits per heavy atom. The van der Waals surface area contributed by atoms with Gasteiger partial charge in [-0.25, -0.2) is 0 Å². The fourth-order valence-electron chi connectivity index (χ4n) is 0.136. The maximum atomic E-state index is 4.52. The van der Waals surface area contributed by atoms with Crippen LogP contribution in [-0.2, 0) is 12.6 Å². The molecule has 0 aromatic rings. The molecule has 6 heavy (non-hydrogen) atoms. The summed E-state index contributed by atoms with van der Waals surface area (Å²) in [5.41, 5.74) is 0. The van der Waals surface area contributed by atoms with E-state index in [4.69, 9.17) is 0 Å². The normalized spacial score (nSPS) is 9.50. The Morgan fingerprint density at radius 1 is 1.83 bits per heavy atom. The Morgan fingerprint density at radius 3 is 2.33 bits per heavy atom. The largest absolute Gasteiger partial charge is 0.429 e.